The summed E-state index contributed by atoms with van der Waals surface area (Å²) in [6.07, 6.45) is 1.71. The molecule has 0 aliphatic heterocycles. The lowest BCUT2D eigenvalue weighted by Crippen LogP contribution is -2.11. The Hall–Kier alpha value is -1.55. The zero-order valence-corrected chi connectivity index (χ0v) is 9.49. The van der Waals surface area contributed by atoms with Crippen LogP contribution in [0.3, 0.4) is 0 Å². The lowest BCUT2D eigenvalue weighted by molar-refractivity contribution is 0.100. The van der Waals surface area contributed by atoms with Crippen LogP contribution in [0.15, 0.2) is 30.8 Å². The standard InChI is InChI=1S/C11H9BrN2O/c1-2-8-6-7-4-3-5-9(11(13)15)10(7)14(8)12/h2-6H,1H2,(H2,13,15). The van der Waals surface area contributed by atoms with Crippen molar-refractivity contribution in [2.75, 3.05) is 0 Å². The van der Waals surface area contributed by atoms with E-state index in [9.17, 15) is 4.79 Å². The van der Waals surface area contributed by atoms with Crippen LogP contribution >= 0.6 is 16.1 Å². The van der Waals surface area contributed by atoms with Crippen molar-refractivity contribution in [3.05, 3.63) is 42.1 Å². The summed E-state index contributed by atoms with van der Waals surface area (Å²) in [5.41, 5.74) is 7.46. The average Bonchev–Trinajstić information content (AvgIpc) is 2.55. The molecule has 0 atom stereocenters. The van der Waals surface area contributed by atoms with Crippen LogP contribution in [0, 0.1) is 0 Å². The Morgan fingerprint density at radius 3 is 2.87 bits per heavy atom. The summed E-state index contributed by atoms with van der Waals surface area (Å²) < 4.78 is 1.73. The maximum atomic E-state index is 11.2. The molecule has 3 nitrogen and oxygen atoms in total. The molecule has 0 saturated heterocycles. The number of halogens is 1. The number of carbonyl (C=O) groups is 1. The number of hydrogen-bond donors (Lipinski definition) is 1. The van der Waals surface area contributed by atoms with Crippen molar-refractivity contribution in [3.63, 3.8) is 0 Å². The number of para-hydroxylation sites is 1. The molecule has 0 bridgehead atoms. The Bertz CT molecular complexity index is 557. The van der Waals surface area contributed by atoms with E-state index in [1.807, 2.05) is 18.2 Å². The van der Waals surface area contributed by atoms with Crippen LogP contribution in [0.4, 0.5) is 0 Å². The zero-order valence-electron chi connectivity index (χ0n) is 7.90. The number of amides is 1. The zero-order chi connectivity index (χ0) is 11.0. The molecule has 1 aromatic carbocycles. The summed E-state index contributed by atoms with van der Waals surface area (Å²) in [5.74, 6) is -0.435. The van der Waals surface area contributed by atoms with Crippen LogP contribution in [0.2, 0.25) is 0 Å². The van der Waals surface area contributed by atoms with E-state index < -0.39 is 5.91 Å². The lowest BCUT2D eigenvalue weighted by atomic mass is 10.1. The molecular formula is C11H9BrN2O. The van der Waals surface area contributed by atoms with Gasteiger partial charge in [0.05, 0.1) is 32.9 Å². The maximum Gasteiger partial charge on any atom is 0.250 e. The van der Waals surface area contributed by atoms with E-state index in [4.69, 9.17) is 5.73 Å². The number of carbonyl (C=O) groups excluding carboxylic acids is 1. The minimum Gasteiger partial charge on any atom is -0.366 e. The minimum atomic E-state index is -0.435. The highest BCUT2D eigenvalue weighted by Crippen LogP contribution is 2.25. The number of fused-ring (bicyclic) bond motifs is 1. The van der Waals surface area contributed by atoms with Crippen LogP contribution in [-0.4, -0.2) is 9.50 Å². The molecule has 76 valence electrons. The molecule has 2 rings (SSSR count). The second kappa shape index (κ2) is 3.55. The van der Waals surface area contributed by atoms with Crippen LogP contribution in [0.5, 0.6) is 0 Å². The molecule has 0 radical (unpaired) electrons. The molecule has 0 aliphatic rings. The predicted octanol–water partition coefficient (Wildman–Crippen LogP) is 2.54. The summed E-state index contributed by atoms with van der Waals surface area (Å²) in [7, 11) is 0. The molecule has 2 N–H and O–H groups in total. The normalized spacial score (nSPS) is 10.5. The van der Waals surface area contributed by atoms with Crippen molar-refractivity contribution in [1.82, 2.24) is 3.59 Å². The topological polar surface area (TPSA) is 48.0 Å². The number of primary amides is 1. The van der Waals surface area contributed by atoms with Gasteiger partial charge in [-0.25, -0.2) is 0 Å². The number of hydrogen-bond acceptors (Lipinski definition) is 1. The Morgan fingerprint density at radius 1 is 1.53 bits per heavy atom. The molecule has 0 unspecified atom stereocenters. The Morgan fingerprint density at radius 2 is 2.27 bits per heavy atom. The molecule has 2 aromatic rings. The van der Waals surface area contributed by atoms with Gasteiger partial charge >= 0.3 is 0 Å². The monoisotopic (exact) mass is 264 g/mol. The van der Waals surface area contributed by atoms with E-state index >= 15 is 0 Å². The van der Waals surface area contributed by atoms with Crippen molar-refractivity contribution < 1.29 is 4.79 Å². The van der Waals surface area contributed by atoms with Gasteiger partial charge in [-0.1, -0.05) is 18.7 Å². The highest BCUT2D eigenvalue weighted by Gasteiger charge is 2.11. The quantitative estimate of drug-likeness (QED) is 0.891. The van der Waals surface area contributed by atoms with E-state index in [-0.39, 0.29) is 0 Å². The Balaban J connectivity index is 2.90. The van der Waals surface area contributed by atoms with Crippen molar-refractivity contribution >= 4 is 39.0 Å². The van der Waals surface area contributed by atoms with Gasteiger partial charge in [-0.3, -0.25) is 8.39 Å². The van der Waals surface area contributed by atoms with Gasteiger partial charge < -0.3 is 5.73 Å². The predicted molar refractivity (Wildman–Crippen MR) is 64.9 cm³/mol. The third-order valence-corrected chi connectivity index (χ3v) is 3.03. The first-order chi connectivity index (χ1) is 7.15. The van der Waals surface area contributed by atoms with E-state index in [1.165, 1.54) is 0 Å². The lowest BCUT2D eigenvalue weighted by Gasteiger charge is -2.01. The number of benzene rings is 1. The van der Waals surface area contributed by atoms with E-state index in [1.54, 1.807) is 15.7 Å². The summed E-state index contributed by atoms with van der Waals surface area (Å²) in [6.45, 7) is 3.69. The number of nitrogens with zero attached hydrogens (tertiary/aromatic N) is 1. The van der Waals surface area contributed by atoms with Gasteiger partial charge in [0.2, 0.25) is 0 Å². The van der Waals surface area contributed by atoms with Crippen LogP contribution in [-0.2, 0) is 0 Å². The SMILES string of the molecule is C=Cc1cc2cccc(C(N)=O)c2n1Br. The van der Waals surface area contributed by atoms with E-state index in [0.29, 0.717) is 5.56 Å². The molecule has 4 heteroatoms. The molecular weight excluding hydrogens is 256 g/mol. The third kappa shape index (κ3) is 1.47. The fourth-order valence-corrected chi connectivity index (χ4v) is 2.22. The molecule has 0 spiro atoms. The van der Waals surface area contributed by atoms with Gasteiger partial charge in [-0.05, 0) is 18.2 Å². The average molecular weight is 265 g/mol. The molecule has 1 aromatic heterocycles. The third-order valence-electron chi connectivity index (χ3n) is 2.27. The van der Waals surface area contributed by atoms with Gasteiger partial charge in [0.15, 0.2) is 0 Å². The van der Waals surface area contributed by atoms with Gasteiger partial charge in [0, 0.05) is 5.39 Å². The molecule has 0 saturated carbocycles. The second-order valence-corrected chi connectivity index (χ2v) is 3.87. The maximum absolute atomic E-state index is 11.2. The Labute approximate surface area is 95.5 Å². The van der Waals surface area contributed by atoms with Gasteiger partial charge in [-0.15, -0.1) is 0 Å². The summed E-state index contributed by atoms with van der Waals surface area (Å²) in [6, 6.07) is 7.37. The number of nitrogens with two attached hydrogens (primary N) is 1. The van der Waals surface area contributed by atoms with Crippen LogP contribution < -0.4 is 5.73 Å². The fourth-order valence-electron chi connectivity index (χ4n) is 1.58. The minimum absolute atomic E-state index is 0.435. The van der Waals surface area contributed by atoms with Crippen molar-refractivity contribution in [3.8, 4) is 0 Å². The molecule has 1 heterocycles. The Kier molecular flexibility index (Phi) is 2.36. The largest absolute Gasteiger partial charge is 0.366 e. The molecule has 0 aliphatic carbocycles. The summed E-state index contributed by atoms with van der Waals surface area (Å²) in [5, 5.41) is 0.957. The second-order valence-electron chi connectivity index (χ2n) is 3.16. The fraction of sp³-hybridized carbons (Fsp3) is 0. The summed E-state index contributed by atoms with van der Waals surface area (Å²) >= 11 is 3.37. The first kappa shape index (κ1) is 9.98. The first-order valence-electron chi connectivity index (χ1n) is 4.38. The van der Waals surface area contributed by atoms with Crippen LogP contribution in [0.1, 0.15) is 16.1 Å². The van der Waals surface area contributed by atoms with Crippen LogP contribution in [0.25, 0.3) is 17.0 Å². The highest BCUT2D eigenvalue weighted by molar-refractivity contribution is 9.08. The van der Waals surface area contributed by atoms with Crippen molar-refractivity contribution in [1.29, 1.82) is 0 Å². The molecule has 0 fully saturated rings. The van der Waals surface area contributed by atoms with Gasteiger partial charge in [0.25, 0.3) is 5.91 Å². The number of aromatic nitrogens is 1. The number of rotatable bonds is 2. The molecule has 15 heavy (non-hydrogen) atoms. The van der Waals surface area contributed by atoms with Crippen molar-refractivity contribution in [2.24, 2.45) is 5.73 Å². The van der Waals surface area contributed by atoms with Crippen molar-refractivity contribution in [2.45, 2.75) is 0 Å². The molecule has 1 amide bonds. The summed E-state index contributed by atoms with van der Waals surface area (Å²) in [4.78, 5) is 11.2. The van der Waals surface area contributed by atoms with Gasteiger partial charge in [-0.2, -0.15) is 0 Å². The van der Waals surface area contributed by atoms with E-state index in [2.05, 4.69) is 22.7 Å². The highest BCUT2D eigenvalue weighted by atomic mass is 79.9. The van der Waals surface area contributed by atoms with E-state index in [0.717, 1.165) is 16.6 Å². The smallest absolute Gasteiger partial charge is 0.250 e. The van der Waals surface area contributed by atoms with Gasteiger partial charge in [0.1, 0.15) is 0 Å². The first-order valence-corrected chi connectivity index (χ1v) is 5.09.